The molecule has 1 aliphatic rings. The van der Waals surface area contributed by atoms with E-state index in [1.807, 2.05) is 6.07 Å². The minimum atomic E-state index is -0.580. The van der Waals surface area contributed by atoms with Crippen molar-refractivity contribution < 1.29 is 14.3 Å². The number of nitrogens with zero attached hydrogens (tertiary/aromatic N) is 1. The first-order valence-electron chi connectivity index (χ1n) is 6.42. The zero-order valence-corrected chi connectivity index (χ0v) is 12.1. The molecule has 2 heterocycles. The summed E-state index contributed by atoms with van der Waals surface area (Å²) in [7, 11) is 1.50. The number of ether oxygens (including phenoxy) is 2. The molecule has 3 rings (SSSR count). The molecule has 1 aromatic heterocycles. The second-order valence-electron chi connectivity index (χ2n) is 4.61. The van der Waals surface area contributed by atoms with Gasteiger partial charge in [-0.3, -0.25) is 4.79 Å². The topological polar surface area (TPSA) is 60.5 Å². The molecule has 0 bridgehead atoms. The summed E-state index contributed by atoms with van der Waals surface area (Å²) < 4.78 is 10.7. The quantitative estimate of drug-likeness (QED) is 0.947. The van der Waals surface area contributed by atoms with Gasteiger partial charge in [0.1, 0.15) is 11.4 Å². The molecule has 0 saturated carbocycles. The van der Waals surface area contributed by atoms with Crippen LogP contribution < -0.4 is 14.8 Å². The van der Waals surface area contributed by atoms with Gasteiger partial charge in [-0.25, -0.2) is 4.98 Å². The van der Waals surface area contributed by atoms with Gasteiger partial charge in [0.25, 0.3) is 5.91 Å². The number of fused-ring (bicyclic) bond motifs is 1. The predicted molar refractivity (Wildman–Crippen MR) is 79.0 cm³/mol. The Morgan fingerprint density at radius 1 is 1.48 bits per heavy atom. The van der Waals surface area contributed by atoms with Crippen LogP contribution in [0.2, 0.25) is 5.02 Å². The number of aromatic nitrogens is 1. The average Bonchev–Trinajstić information content (AvgIpc) is 2.91. The van der Waals surface area contributed by atoms with Crippen LogP contribution in [-0.4, -0.2) is 24.1 Å². The Balaban J connectivity index is 1.73. The number of carbonyl (C=O) groups excluding carboxylic acids is 1. The number of hydrogen-bond donors (Lipinski definition) is 1. The minimum absolute atomic E-state index is 0.242. The van der Waals surface area contributed by atoms with Crippen LogP contribution >= 0.6 is 11.6 Å². The van der Waals surface area contributed by atoms with Crippen molar-refractivity contribution >= 4 is 23.2 Å². The van der Waals surface area contributed by atoms with Crippen LogP contribution in [0.4, 0.5) is 5.69 Å². The lowest BCUT2D eigenvalue weighted by Crippen LogP contribution is -2.31. The van der Waals surface area contributed by atoms with Crippen molar-refractivity contribution in [3.8, 4) is 11.6 Å². The number of amides is 1. The van der Waals surface area contributed by atoms with Crippen LogP contribution in [0, 0.1) is 0 Å². The maximum atomic E-state index is 12.3. The van der Waals surface area contributed by atoms with Crippen LogP contribution in [-0.2, 0) is 11.2 Å². The molecule has 0 aliphatic carbocycles. The highest BCUT2D eigenvalue weighted by molar-refractivity contribution is 6.30. The van der Waals surface area contributed by atoms with Crippen LogP contribution in [0.25, 0.3) is 0 Å². The highest BCUT2D eigenvalue weighted by atomic mass is 35.5. The van der Waals surface area contributed by atoms with Crippen LogP contribution in [0.5, 0.6) is 11.6 Å². The van der Waals surface area contributed by atoms with E-state index in [2.05, 4.69) is 10.3 Å². The van der Waals surface area contributed by atoms with Gasteiger partial charge in [-0.15, -0.1) is 0 Å². The van der Waals surface area contributed by atoms with Gasteiger partial charge >= 0.3 is 0 Å². The van der Waals surface area contributed by atoms with E-state index in [-0.39, 0.29) is 5.91 Å². The van der Waals surface area contributed by atoms with Crippen LogP contribution in [0.15, 0.2) is 36.5 Å². The molecule has 0 radical (unpaired) electrons. The lowest BCUT2D eigenvalue weighted by molar-refractivity contribution is -0.122. The molecule has 0 unspecified atom stereocenters. The summed E-state index contributed by atoms with van der Waals surface area (Å²) in [5.74, 6) is 0.815. The van der Waals surface area contributed by atoms with E-state index in [0.29, 0.717) is 28.8 Å². The number of anilines is 1. The van der Waals surface area contributed by atoms with E-state index in [9.17, 15) is 4.79 Å². The van der Waals surface area contributed by atoms with Gasteiger partial charge < -0.3 is 14.8 Å². The SMILES string of the molecule is COc1ncccc1NC(=O)[C@@H]1Cc2cc(Cl)ccc2O1. The van der Waals surface area contributed by atoms with Gasteiger partial charge in [0.05, 0.1) is 7.11 Å². The number of methoxy groups -OCH3 is 1. The number of hydrogen-bond acceptors (Lipinski definition) is 4. The lowest BCUT2D eigenvalue weighted by Gasteiger charge is -2.12. The second-order valence-corrected chi connectivity index (χ2v) is 5.05. The maximum Gasteiger partial charge on any atom is 0.265 e. The van der Waals surface area contributed by atoms with Crippen molar-refractivity contribution in [2.45, 2.75) is 12.5 Å². The summed E-state index contributed by atoms with van der Waals surface area (Å²) in [5.41, 5.74) is 1.45. The van der Waals surface area contributed by atoms with Gasteiger partial charge in [0.15, 0.2) is 6.10 Å². The molecule has 6 heteroatoms. The smallest absolute Gasteiger partial charge is 0.265 e. The van der Waals surface area contributed by atoms with E-state index >= 15 is 0 Å². The Morgan fingerprint density at radius 2 is 2.33 bits per heavy atom. The number of pyridine rings is 1. The maximum absolute atomic E-state index is 12.3. The fourth-order valence-corrected chi connectivity index (χ4v) is 2.42. The van der Waals surface area contributed by atoms with Crippen molar-refractivity contribution in [3.05, 3.63) is 47.1 Å². The summed E-state index contributed by atoms with van der Waals surface area (Å²) in [6.45, 7) is 0. The summed E-state index contributed by atoms with van der Waals surface area (Å²) in [6.07, 6.45) is 1.51. The molecule has 1 atom stereocenters. The third-order valence-electron chi connectivity index (χ3n) is 3.21. The van der Waals surface area contributed by atoms with Gasteiger partial charge in [-0.05, 0) is 35.9 Å². The van der Waals surface area contributed by atoms with Crippen molar-refractivity contribution in [1.29, 1.82) is 0 Å². The number of carbonyl (C=O) groups is 1. The summed E-state index contributed by atoms with van der Waals surface area (Å²) in [4.78, 5) is 16.3. The molecule has 5 nitrogen and oxygen atoms in total. The Morgan fingerprint density at radius 3 is 3.14 bits per heavy atom. The fraction of sp³-hybridized carbons (Fsp3) is 0.200. The Bertz CT molecular complexity index is 690. The molecule has 1 aliphatic heterocycles. The highest BCUT2D eigenvalue weighted by Crippen LogP contribution is 2.31. The van der Waals surface area contributed by atoms with Crippen molar-refractivity contribution in [1.82, 2.24) is 4.98 Å². The molecular weight excluding hydrogens is 292 g/mol. The van der Waals surface area contributed by atoms with Gasteiger partial charge in [0, 0.05) is 17.6 Å². The lowest BCUT2D eigenvalue weighted by atomic mass is 10.1. The van der Waals surface area contributed by atoms with E-state index < -0.39 is 6.10 Å². The van der Waals surface area contributed by atoms with Crippen molar-refractivity contribution in [2.75, 3.05) is 12.4 Å². The van der Waals surface area contributed by atoms with Gasteiger partial charge in [0.2, 0.25) is 5.88 Å². The zero-order chi connectivity index (χ0) is 14.8. The first-order valence-corrected chi connectivity index (χ1v) is 6.80. The van der Waals surface area contributed by atoms with Gasteiger partial charge in [-0.1, -0.05) is 11.6 Å². The molecule has 1 N–H and O–H groups in total. The van der Waals surface area contributed by atoms with Crippen molar-refractivity contribution in [3.63, 3.8) is 0 Å². The molecule has 2 aromatic rings. The number of benzene rings is 1. The number of rotatable bonds is 3. The Hall–Kier alpha value is -2.27. The Kier molecular flexibility index (Phi) is 3.66. The summed E-state index contributed by atoms with van der Waals surface area (Å²) in [6, 6.07) is 8.78. The zero-order valence-electron chi connectivity index (χ0n) is 11.3. The molecule has 0 spiro atoms. The van der Waals surface area contributed by atoms with E-state index in [1.165, 1.54) is 7.11 Å². The standard InChI is InChI=1S/C15H13ClN2O3/c1-20-15-11(3-2-6-17-15)18-14(19)13-8-9-7-10(16)4-5-12(9)21-13/h2-7,13H,8H2,1H3,(H,18,19)/t13-/m0/s1. The van der Waals surface area contributed by atoms with Gasteiger partial charge in [-0.2, -0.15) is 0 Å². The minimum Gasteiger partial charge on any atom is -0.480 e. The molecule has 1 amide bonds. The highest BCUT2D eigenvalue weighted by Gasteiger charge is 2.29. The first kappa shape index (κ1) is 13.7. The normalized spacial score (nSPS) is 16.0. The largest absolute Gasteiger partial charge is 0.480 e. The molecule has 21 heavy (non-hydrogen) atoms. The molecule has 108 valence electrons. The van der Waals surface area contributed by atoms with Crippen LogP contribution in [0.3, 0.4) is 0 Å². The summed E-state index contributed by atoms with van der Waals surface area (Å²) in [5, 5.41) is 3.40. The van der Waals surface area contributed by atoms with E-state index in [1.54, 1.807) is 30.5 Å². The van der Waals surface area contributed by atoms with Crippen molar-refractivity contribution in [2.24, 2.45) is 0 Å². The second kappa shape index (κ2) is 5.61. The first-order chi connectivity index (χ1) is 10.2. The van der Waals surface area contributed by atoms with E-state index in [0.717, 1.165) is 5.56 Å². The fourth-order valence-electron chi connectivity index (χ4n) is 2.23. The summed E-state index contributed by atoms with van der Waals surface area (Å²) >= 11 is 5.94. The Labute approximate surface area is 126 Å². The molecular formula is C15H13ClN2O3. The van der Waals surface area contributed by atoms with Crippen LogP contribution in [0.1, 0.15) is 5.56 Å². The average molecular weight is 305 g/mol. The number of halogens is 1. The predicted octanol–water partition coefficient (Wildman–Crippen LogP) is 2.69. The molecule has 0 saturated heterocycles. The third-order valence-corrected chi connectivity index (χ3v) is 3.45. The molecule has 1 aromatic carbocycles. The number of nitrogens with one attached hydrogen (secondary N) is 1. The van der Waals surface area contributed by atoms with E-state index in [4.69, 9.17) is 21.1 Å². The third kappa shape index (κ3) is 2.78. The monoisotopic (exact) mass is 304 g/mol. The molecule has 0 fully saturated rings.